The lowest BCUT2D eigenvalue weighted by atomic mass is 9.89. The number of rotatable bonds is 4. The molecule has 0 aromatic carbocycles. The second-order valence-electron chi connectivity index (χ2n) is 4.34. The van der Waals surface area contributed by atoms with E-state index in [1.165, 1.54) is 57.8 Å². The Hall–Kier alpha value is -0.260. The summed E-state index contributed by atoms with van der Waals surface area (Å²) in [7, 11) is 0. The maximum Gasteiger partial charge on any atom is -0.0348 e. The van der Waals surface area contributed by atoms with Gasteiger partial charge in [0, 0.05) is 0 Å². The zero-order valence-electron chi connectivity index (χ0n) is 9.10. The minimum atomic E-state index is 1.04. The molecule has 1 aliphatic carbocycles. The molecule has 0 spiro atoms. The fraction of sp³-hybridized carbons (Fsp3) is 0.846. The van der Waals surface area contributed by atoms with E-state index in [1.54, 1.807) is 0 Å². The summed E-state index contributed by atoms with van der Waals surface area (Å²) >= 11 is 0. The molecule has 0 heteroatoms. The maximum atomic E-state index is 2.38. The van der Waals surface area contributed by atoms with Crippen molar-refractivity contribution in [2.45, 2.75) is 64.7 Å². The number of hydrogen-bond donors (Lipinski definition) is 0. The van der Waals surface area contributed by atoms with Gasteiger partial charge >= 0.3 is 0 Å². The zero-order valence-corrected chi connectivity index (χ0v) is 9.10. The van der Waals surface area contributed by atoms with E-state index in [2.05, 4.69) is 19.1 Å². The van der Waals surface area contributed by atoms with Crippen LogP contribution in [0.2, 0.25) is 0 Å². The van der Waals surface area contributed by atoms with Gasteiger partial charge in [0.25, 0.3) is 0 Å². The first-order chi connectivity index (χ1) is 6.43. The predicted octanol–water partition coefficient (Wildman–Crippen LogP) is 4.70. The summed E-state index contributed by atoms with van der Waals surface area (Å²) in [5.41, 5.74) is 0. The van der Waals surface area contributed by atoms with Crippen molar-refractivity contribution in [3.8, 4) is 0 Å². The van der Waals surface area contributed by atoms with Gasteiger partial charge in [0.1, 0.15) is 0 Å². The summed E-state index contributed by atoms with van der Waals surface area (Å²) in [5, 5.41) is 0. The molecule has 76 valence electrons. The van der Waals surface area contributed by atoms with Crippen LogP contribution >= 0.6 is 0 Å². The fourth-order valence-electron chi connectivity index (χ4n) is 2.21. The summed E-state index contributed by atoms with van der Waals surface area (Å²) in [6, 6.07) is 0. The van der Waals surface area contributed by atoms with Crippen LogP contribution in [0.15, 0.2) is 12.2 Å². The van der Waals surface area contributed by atoms with Crippen LogP contribution in [0.4, 0.5) is 0 Å². The average molecular weight is 180 g/mol. The van der Waals surface area contributed by atoms with Crippen molar-refractivity contribution >= 4 is 0 Å². The lowest BCUT2D eigenvalue weighted by Gasteiger charge is -2.16. The van der Waals surface area contributed by atoms with Gasteiger partial charge in [0.05, 0.1) is 0 Å². The van der Waals surface area contributed by atoms with Crippen LogP contribution < -0.4 is 0 Å². The molecule has 1 aliphatic rings. The molecule has 0 heterocycles. The SMILES string of the molecule is CCCCCC1CC/C=C/CCC1. The van der Waals surface area contributed by atoms with Gasteiger partial charge in [-0.1, -0.05) is 51.2 Å². The van der Waals surface area contributed by atoms with E-state index < -0.39 is 0 Å². The molecule has 0 saturated heterocycles. The van der Waals surface area contributed by atoms with Crippen molar-refractivity contribution in [3.63, 3.8) is 0 Å². The van der Waals surface area contributed by atoms with Crippen LogP contribution in [0.5, 0.6) is 0 Å². The van der Waals surface area contributed by atoms with E-state index in [0.717, 1.165) is 5.92 Å². The fourth-order valence-corrected chi connectivity index (χ4v) is 2.21. The molecule has 0 fully saturated rings. The maximum absolute atomic E-state index is 2.38. The van der Waals surface area contributed by atoms with E-state index in [1.807, 2.05) is 0 Å². The monoisotopic (exact) mass is 180 g/mol. The number of allylic oxidation sites excluding steroid dienone is 2. The third kappa shape index (κ3) is 5.13. The van der Waals surface area contributed by atoms with Gasteiger partial charge in [-0.2, -0.15) is 0 Å². The van der Waals surface area contributed by atoms with Crippen LogP contribution in [-0.2, 0) is 0 Å². The predicted molar refractivity (Wildman–Crippen MR) is 59.9 cm³/mol. The molecular formula is C13H24. The van der Waals surface area contributed by atoms with Crippen molar-refractivity contribution in [1.82, 2.24) is 0 Å². The molecule has 1 rings (SSSR count). The molecule has 0 radical (unpaired) electrons. The van der Waals surface area contributed by atoms with Gasteiger partial charge in [-0.15, -0.1) is 0 Å². The largest absolute Gasteiger partial charge is 0.0885 e. The number of hydrogen-bond acceptors (Lipinski definition) is 0. The van der Waals surface area contributed by atoms with Crippen molar-refractivity contribution in [3.05, 3.63) is 12.2 Å². The Kier molecular flexibility index (Phi) is 5.97. The highest BCUT2D eigenvalue weighted by Crippen LogP contribution is 2.23. The minimum Gasteiger partial charge on any atom is -0.0885 e. The van der Waals surface area contributed by atoms with E-state index >= 15 is 0 Å². The summed E-state index contributed by atoms with van der Waals surface area (Å²) in [6.07, 6.45) is 17.5. The van der Waals surface area contributed by atoms with Crippen LogP contribution in [0, 0.1) is 5.92 Å². The lowest BCUT2D eigenvalue weighted by Crippen LogP contribution is -2.01. The van der Waals surface area contributed by atoms with Crippen LogP contribution in [0.3, 0.4) is 0 Å². The van der Waals surface area contributed by atoms with E-state index in [0.29, 0.717) is 0 Å². The quantitative estimate of drug-likeness (QED) is 0.434. The Labute approximate surface area is 83.4 Å². The third-order valence-corrected chi connectivity index (χ3v) is 3.11. The van der Waals surface area contributed by atoms with Gasteiger partial charge < -0.3 is 0 Å². The molecule has 0 saturated carbocycles. The molecule has 0 aromatic heterocycles. The molecule has 0 N–H and O–H groups in total. The topological polar surface area (TPSA) is 0 Å². The van der Waals surface area contributed by atoms with Gasteiger partial charge in [0.2, 0.25) is 0 Å². The lowest BCUT2D eigenvalue weighted by molar-refractivity contribution is 0.391. The molecule has 0 aliphatic heterocycles. The Morgan fingerprint density at radius 2 is 1.92 bits per heavy atom. The smallest absolute Gasteiger partial charge is 0.0348 e. The highest BCUT2D eigenvalue weighted by molar-refractivity contribution is 4.84. The highest BCUT2D eigenvalue weighted by atomic mass is 14.1. The van der Waals surface area contributed by atoms with Crippen LogP contribution in [0.25, 0.3) is 0 Å². The standard InChI is InChI=1S/C13H24/c1-2-3-7-10-13-11-8-5-4-6-9-12-13/h4-5,13H,2-3,6-12H2,1H3/b5-4+. The molecule has 0 nitrogen and oxygen atoms in total. The second kappa shape index (κ2) is 7.17. The summed E-state index contributed by atoms with van der Waals surface area (Å²) < 4.78 is 0. The van der Waals surface area contributed by atoms with Crippen molar-refractivity contribution in [2.24, 2.45) is 5.92 Å². The average Bonchev–Trinajstić information content (AvgIpc) is 2.08. The molecule has 1 atom stereocenters. The summed E-state index contributed by atoms with van der Waals surface area (Å²) in [5.74, 6) is 1.04. The summed E-state index contributed by atoms with van der Waals surface area (Å²) in [6.45, 7) is 2.29. The van der Waals surface area contributed by atoms with Crippen LogP contribution in [-0.4, -0.2) is 0 Å². The first kappa shape index (κ1) is 10.8. The Balaban J connectivity index is 2.12. The van der Waals surface area contributed by atoms with Gasteiger partial charge in [-0.05, 0) is 31.6 Å². The minimum absolute atomic E-state index is 1.04. The molecule has 13 heavy (non-hydrogen) atoms. The van der Waals surface area contributed by atoms with Crippen molar-refractivity contribution in [2.75, 3.05) is 0 Å². The van der Waals surface area contributed by atoms with Gasteiger partial charge in [-0.3, -0.25) is 0 Å². The molecule has 0 aromatic rings. The normalized spacial score (nSPS) is 26.4. The number of unbranched alkanes of at least 4 members (excludes halogenated alkanes) is 2. The summed E-state index contributed by atoms with van der Waals surface area (Å²) in [4.78, 5) is 0. The van der Waals surface area contributed by atoms with Crippen molar-refractivity contribution < 1.29 is 0 Å². The Morgan fingerprint density at radius 1 is 1.08 bits per heavy atom. The molecule has 0 bridgehead atoms. The molecule has 0 amide bonds. The van der Waals surface area contributed by atoms with Gasteiger partial charge in [-0.25, -0.2) is 0 Å². The molecular weight excluding hydrogens is 156 g/mol. The van der Waals surface area contributed by atoms with Crippen molar-refractivity contribution in [1.29, 1.82) is 0 Å². The van der Waals surface area contributed by atoms with E-state index in [4.69, 9.17) is 0 Å². The van der Waals surface area contributed by atoms with Crippen LogP contribution in [0.1, 0.15) is 64.7 Å². The molecule has 1 unspecified atom stereocenters. The van der Waals surface area contributed by atoms with E-state index in [-0.39, 0.29) is 0 Å². The third-order valence-electron chi connectivity index (χ3n) is 3.11. The Morgan fingerprint density at radius 3 is 2.77 bits per heavy atom. The second-order valence-corrected chi connectivity index (χ2v) is 4.34. The zero-order chi connectivity index (χ0) is 9.36. The Bertz CT molecular complexity index is 135. The first-order valence-corrected chi connectivity index (χ1v) is 6.08. The van der Waals surface area contributed by atoms with E-state index in [9.17, 15) is 0 Å². The van der Waals surface area contributed by atoms with Gasteiger partial charge in [0.15, 0.2) is 0 Å². The first-order valence-electron chi connectivity index (χ1n) is 6.08. The highest BCUT2D eigenvalue weighted by Gasteiger charge is 2.08.